The Hall–Kier alpha value is -3.88. The third-order valence-corrected chi connectivity index (χ3v) is 4.37. The van der Waals surface area contributed by atoms with Crippen molar-refractivity contribution in [3.8, 4) is 0 Å². The summed E-state index contributed by atoms with van der Waals surface area (Å²) in [4.78, 5) is 46.0. The summed E-state index contributed by atoms with van der Waals surface area (Å²) in [5.74, 6) is -3.78. The van der Waals surface area contributed by atoms with E-state index in [1.807, 2.05) is 32.0 Å². The number of aliphatic carboxylic acids is 2. The zero-order valence-electron chi connectivity index (χ0n) is 16.6. The molecule has 0 saturated carbocycles. The maximum absolute atomic E-state index is 12.1. The van der Waals surface area contributed by atoms with E-state index in [1.54, 1.807) is 0 Å². The van der Waals surface area contributed by atoms with Crippen LogP contribution in [0.2, 0.25) is 0 Å². The van der Waals surface area contributed by atoms with Gasteiger partial charge in [0.15, 0.2) is 0 Å². The summed E-state index contributed by atoms with van der Waals surface area (Å²) >= 11 is 0. The van der Waals surface area contributed by atoms with E-state index in [1.165, 1.54) is 24.3 Å². The van der Waals surface area contributed by atoms with E-state index < -0.39 is 30.3 Å². The minimum Gasteiger partial charge on any atom is -0.481 e. The van der Waals surface area contributed by atoms with Crippen molar-refractivity contribution in [2.24, 2.45) is 0 Å². The van der Waals surface area contributed by atoms with Crippen LogP contribution in [0, 0.1) is 13.8 Å². The second-order valence-corrected chi connectivity index (χ2v) is 6.74. The van der Waals surface area contributed by atoms with Gasteiger partial charge in [-0.3, -0.25) is 14.4 Å². The van der Waals surface area contributed by atoms with Gasteiger partial charge in [0.2, 0.25) is 5.91 Å². The largest absolute Gasteiger partial charge is 0.481 e. The standard InChI is InChI=1S/C21H23N3O6/c1-12-3-6-16(9-13(12)2)22-11-18(25)23-15-7-4-14(5-8-15)20(28)24-17(21(29)30)10-19(26)27/h3-9,17,22H,10-11H2,1-2H3,(H,23,25)(H,24,28)(H,26,27)(H,29,30). The third-order valence-electron chi connectivity index (χ3n) is 4.37. The SMILES string of the molecule is Cc1ccc(NCC(=O)Nc2ccc(C(=O)NC(CC(=O)O)C(=O)O)cc2)cc1C. The Kier molecular flexibility index (Phi) is 7.51. The van der Waals surface area contributed by atoms with Crippen molar-refractivity contribution in [2.75, 3.05) is 17.2 Å². The minimum absolute atomic E-state index is 0.0558. The lowest BCUT2D eigenvalue weighted by atomic mass is 10.1. The molecule has 2 rings (SSSR count). The van der Waals surface area contributed by atoms with Gasteiger partial charge in [0.1, 0.15) is 6.04 Å². The Morgan fingerprint density at radius 2 is 1.53 bits per heavy atom. The lowest BCUT2D eigenvalue weighted by molar-refractivity contribution is -0.145. The van der Waals surface area contributed by atoms with Gasteiger partial charge in [-0.05, 0) is 61.4 Å². The average Bonchev–Trinajstić information content (AvgIpc) is 2.68. The fourth-order valence-corrected chi connectivity index (χ4v) is 2.56. The van der Waals surface area contributed by atoms with E-state index in [2.05, 4.69) is 16.0 Å². The van der Waals surface area contributed by atoms with Gasteiger partial charge in [-0.1, -0.05) is 6.07 Å². The van der Waals surface area contributed by atoms with Gasteiger partial charge in [-0.15, -0.1) is 0 Å². The first-order valence-corrected chi connectivity index (χ1v) is 9.12. The van der Waals surface area contributed by atoms with Gasteiger partial charge < -0.3 is 26.2 Å². The van der Waals surface area contributed by atoms with Crippen LogP contribution in [0.4, 0.5) is 11.4 Å². The smallest absolute Gasteiger partial charge is 0.326 e. The second-order valence-electron chi connectivity index (χ2n) is 6.74. The fraction of sp³-hybridized carbons (Fsp3) is 0.238. The van der Waals surface area contributed by atoms with Crippen LogP contribution in [0.25, 0.3) is 0 Å². The maximum Gasteiger partial charge on any atom is 0.326 e. The van der Waals surface area contributed by atoms with Crippen LogP contribution in [-0.4, -0.2) is 46.6 Å². The molecule has 30 heavy (non-hydrogen) atoms. The number of hydrogen-bond donors (Lipinski definition) is 5. The molecule has 2 aromatic rings. The number of carboxylic acid groups (broad SMARTS) is 2. The molecular weight excluding hydrogens is 390 g/mol. The molecule has 1 unspecified atom stereocenters. The molecule has 0 fully saturated rings. The molecule has 0 aromatic heterocycles. The Bertz CT molecular complexity index is 956. The highest BCUT2D eigenvalue weighted by Crippen LogP contribution is 2.14. The quantitative estimate of drug-likeness (QED) is 0.423. The van der Waals surface area contributed by atoms with Crippen molar-refractivity contribution in [2.45, 2.75) is 26.3 Å². The van der Waals surface area contributed by atoms with Crippen LogP contribution in [0.15, 0.2) is 42.5 Å². The number of carbonyl (C=O) groups excluding carboxylic acids is 2. The van der Waals surface area contributed by atoms with Gasteiger partial charge in [0, 0.05) is 16.9 Å². The highest BCUT2D eigenvalue weighted by atomic mass is 16.4. The van der Waals surface area contributed by atoms with Crippen LogP contribution >= 0.6 is 0 Å². The van der Waals surface area contributed by atoms with Crippen molar-refractivity contribution < 1.29 is 29.4 Å². The van der Waals surface area contributed by atoms with Gasteiger partial charge in [0.05, 0.1) is 13.0 Å². The molecule has 2 amide bonds. The van der Waals surface area contributed by atoms with Crippen molar-refractivity contribution >= 4 is 35.1 Å². The Morgan fingerprint density at radius 1 is 0.900 bits per heavy atom. The van der Waals surface area contributed by atoms with Gasteiger partial charge in [-0.2, -0.15) is 0 Å². The molecule has 0 aliphatic heterocycles. The molecule has 0 aliphatic rings. The van der Waals surface area contributed by atoms with Crippen molar-refractivity contribution in [1.29, 1.82) is 0 Å². The van der Waals surface area contributed by atoms with E-state index in [0.717, 1.165) is 16.8 Å². The number of carboxylic acids is 2. The van der Waals surface area contributed by atoms with E-state index >= 15 is 0 Å². The molecule has 0 aliphatic carbocycles. The molecule has 0 spiro atoms. The lowest BCUT2D eigenvalue weighted by Crippen LogP contribution is -2.42. The van der Waals surface area contributed by atoms with Gasteiger partial charge >= 0.3 is 11.9 Å². The molecule has 0 bridgehead atoms. The Morgan fingerprint density at radius 3 is 2.10 bits per heavy atom. The number of hydrogen-bond acceptors (Lipinski definition) is 5. The molecule has 5 N–H and O–H groups in total. The predicted octanol–water partition coefficient (Wildman–Crippen LogP) is 2.01. The normalized spacial score (nSPS) is 11.3. The first-order chi connectivity index (χ1) is 14.2. The fourth-order valence-electron chi connectivity index (χ4n) is 2.56. The van der Waals surface area contributed by atoms with E-state index in [-0.39, 0.29) is 18.0 Å². The lowest BCUT2D eigenvalue weighted by Gasteiger charge is -2.13. The minimum atomic E-state index is -1.54. The Balaban J connectivity index is 1.90. The molecule has 9 heteroatoms. The summed E-state index contributed by atoms with van der Waals surface area (Å²) in [6.07, 6.45) is -0.733. The molecule has 158 valence electrons. The van der Waals surface area contributed by atoms with Crippen LogP contribution in [-0.2, 0) is 14.4 Å². The summed E-state index contributed by atoms with van der Waals surface area (Å²) < 4.78 is 0. The number of amides is 2. The highest BCUT2D eigenvalue weighted by Gasteiger charge is 2.23. The van der Waals surface area contributed by atoms with Crippen LogP contribution in [0.5, 0.6) is 0 Å². The highest BCUT2D eigenvalue weighted by molar-refractivity contribution is 5.98. The number of benzene rings is 2. The zero-order valence-corrected chi connectivity index (χ0v) is 16.6. The van der Waals surface area contributed by atoms with Crippen molar-refractivity contribution in [3.05, 3.63) is 59.2 Å². The summed E-state index contributed by atoms with van der Waals surface area (Å²) in [5, 5.41) is 25.6. The number of nitrogens with one attached hydrogen (secondary N) is 3. The monoisotopic (exact) mass is 413 g/mol. The molecule has 0 radical (unpaired) electrons. The van der Waals surface area contributed by atoms with Crippen LogP contribution in [0.3, 0.4) is 0 Å². The summed E-state index contributed by atoms with van der Waals surface area (Å²) in [5.41, 5.74) is 3.70. The number of anilines is 2. The van der Waals surface area contributed by atoms with Crippen LogP contribution in [0.1, 0.15) is 27.9 Å². The molecular formula is C21H23N3O6. The summed E-state index contributed by atoms with van der Waals surface area (Å²) in [7, 11) is 0. The number of carbonyl (C=O) groups is 4. The maximum atomic E-state index is 12.1. The molecule has 1 atom stereocenters. The van der Waals surface area contributed by atoms with E-state index in [0.29, 0.717) is 5.69 Å². The zero-order chi connectivity index (χ0) is 22.3. The molecule has 2 aromatic carbocycles. The van der Waals surface area contributed by atoms with Crippen molar-refractivity contribution in [1.82, 2.24) is 5.32 Å². The van der Waals surface area contributed by atoms with Crippen molar-refractivity contribution in [3.63, 3.8) is 0 Å². The summed E-state index contributed by atoms with van der Waals surface area (Å²) in [6, 6.07) is 10.1. The number of rotatable bonds is 9. The van der Waals surface area contributed by atoms with E-state index in [9.17, 15) is 19.2 Å². The van der Waals surface area contributed by atoms with E-state index in [4.69, 9.17) is 10.2 Å². The Labute approximate surface area is 173 Å². The number of aryl methyl sites for hydroxylation is 2. The molecule has 0 heterocycles. The first-order valence-electron chi connectivity index (χ1n) is 9.12. The average molecular weight is 413 g/mol. The summed E-state index contributed by atoms with van der Waals surface area (Å²) in [6.45, 7) is 4.04. The predicted molar refractivity (Wildman–Crippen MR) is 111 cm³/mol. The molecule has 9 nitrogen and oxygen atoms in total. The second kappa shape index (κ2) is 10.1. The molecule has 0 saturated heterocycles. The van der Waals surface area contributed by atoms with Gasteiger partial charge in [-0.25, -0.2) is 4.79 Å². The third kappa shape index (κ3) is 6.62. The van der Waals surface area contributed by atoms with Gasteiger partial charge in [0.25, 0.3) is 5.91 Å². The van der Waals surface area contributed by atoms with Crippen LogP contribution < -0.4 is 16.0 Å². The topological polar surface area (TPSA) is 145 Å². The first kappa shape index (κ1) is 22.4.